The molecule has 0 bridgehead atoms. The number of halogens is 3. The second-order valence-corrected chi connectivity index (χ2v) is 5.64. The van der Waals surface area contributed by atoms with Crippen LogP contribution in [-0.4, -0.2) is 68.3 Å². The maximum atomic E-state index is 13.1. The number of hydrogen-bond acceptors (Lipinski definition) is 4. The van der Waals surface area contributed by atoms with Crippen LogP contribution in [0.2, 0.25) is 0 Å². The van der Waals surface area contributed by atoms with E-state index in [9.17, 15) is 18.0 Å². The van der Waals surface area contributed by atoms with Crippen molar-refractivity contribution in [3.8, 4) is 0 Å². The van der Waals surface area contributed by atoms with Crippen molar-refractivity contribution in [2.24, 2.45) is 0 Å². The molecule has 0 aromatic rings. The van der Waals surface area contributed by atoms with E-state index in [1.54, 1.807) is 0 Å². The summed E-state index contributed by atoms with van der Waals surface area (Å²) in [4.78, 5) is 13.2. The van der Waals surface area contributed by atoms with Gasteiger partial charge in [-0.2, -0.15) is 13.2 Å². The lowest BCUT2D eigenvalue weighted by Gasteiger charge is -2.36. The first-order valence-corrected chi connectivity index (χ1v) is 7.48. The zero-order valence-electron chi connectivity index (χ0n) is 12.0. The Balaban J connectivity index is 1.81. The molecular weight excluding hydrogens is 285 g/mol. The molecular formula is C13H23F3N4O. The van der Waals surface area contributed by atoms with Gasteiger partial charge in [0.1, 0.15) is 6.04 Å². The van der Waals surface area contributed by atoms with Gasteiger partial charge in [0, 0.05) is 45.2 Å². The molecule has 0 radical (unpaired) electrons. The Morgan fingerprint density at radius 2 is 2.00 bits per heavy atom. The zero-order chi connectivity index (χ0) is 15.3. The number of nitrogens with one attached hydrogen (secondary N) is 3. The molecule has 2 fully saturated rings. The standard InChI is InChI=1S/C13H23F3N4O/c14-13(15,16)11(20-6-4-17-5-7-20)9-19-12(21)8-10-2-1-3-18-10/h10-11,17-18H,1-9H2,(H,19,21). The first kappa shape index (κ1) is 16.5. The minimum Gasteiger partial charge on any atom is -0.354 e. The lowest BCUT2D eigenvalue weighted by atomic mass is 10.1. The summed E-state index contributed by atoms with van der Waals surface area (Å²) in [6.07, 6.45) is -2.14. The molecule has 2 aliphatic heterocycles. The molecule has 2 rings (SSSR count). The van der Waals surface area contributed by atoms with E-state index in [-0.39, 0.29) is 24.9 Å². The highest BCUT2D eigenvalue weighted by atomic mass is 19.4. The van der Waals surface area contributed by atoms with Gasteiger partial charge < -0.3 is 16.0 Å². The van der Waals surface area contributed by atoms with Crippen LogP contribution in [0.4, 0.5) is 13.2 Å². The number of nitrogens with zero attached hydrogens (tertiary/aromatic N) is 1. The van der Waals surface area contributed by atoms with Gasteiger partial charge in [0.25, 0.3) is 0 Å². The zero-order valence-corrected chi connectivity index (χ0v) is 12.0. The van der Waals surface area contributed by atoms with Gasteiger partial charge in [-0.15, -0.1) is 0 Å². The van der Waals surface area contributed by atoms with Crippen molar-refractivity contribution in [3.05, 3.63) is 0 Å². The van der Waals surface area contributed by atoms with E-state index in [0.717, 1.165) is 19.4 Å². The summed E-state index contributed by atoms with van der Waals surface area (Å²) in [6.45, 7) is 2.31. The maximum Gasteiger partial charge on any atom is 0.405 e. The summed E-state index contributed by atoms with van der Waals surface area (Å²) in [5.74, 6) is -0.307. The molecule has 2 unspecified atom stereocenters. The van der Waals surface area contributed by atoms with Gasteiger partial charge in [-0.25, -0.2) is 0 Å². The van der Waals surface area contributed by atoms with Crippen molar-refractivity contribution in [3.63, 3.8) is 0 Å². The van der Waals surface area contributed by atoms with Gasteiger partial charge in [-0.1, -0.05) is 0 Å². The van der Waals surface area contributed by atoms with E-state index >= 15 is 0 Å². The van der Waals surface area contributed by atoms with E-state index < -0.39 is 12.2 Å². The third kappa shape index (κ3) is 5.12. The highest BCUT2D eigenvalue weighted by Crippen LogP contribution is 2.24. The molecule has 2 saturated heterocycles. The van der Waals surface area contributed by atoms with Gasteiger partial charge in [0.2, 0.25) is 5.91 Å². The topological polar surface area (TPSA) is 56.4 Å². The molecule has 8 heteroatoms. The molecule has 5 nitrogen and oxygen atoms in total. The van der Waals surface area contributed by atoms with Crippen molar-refractivity contribution >= 4 is 5.91 Å². The van der Waals surface area contributed by atoms with Crippen LogP contribution >= 0.6 is 0 Å². The van der Waals surface area contributed by atoms with Crippen molar-refractivity contribution in [1.29, 1.82) is 0 Å². The Morgan fingerprint density at radius 1 is 1.29 bits per heavy atom. The molecule has 2 atom stereocenters. The lowest BCUT2D eigenvalue weighted by molar-refractivity contribution is -0.184. The summed E-state index contributed by atoms with van der Waals surface area (Å²) in [7, 11) is 0. The summed E-state index contributed by atoms with van der Waals surface area (Å²) < 4.78 is 39.4. The first-order chi connectivity index (χ1) is 9.97. The Hall–Kier alpha value is -0.860. The predicted molar refractivity (Wildman–Crippen MR) is 72.9 cm³/mol. The van der Waals surface area contributed by atoms with E-state index in [4.69, 9.17) is 0 Å². The summed E-state index contributed by atoms with van der Waals surface area (Å²) in [5.41, 5.74) is 0. The highest BCUT2D eigenvalue weighted by molar-refractivity contribution is 5.76. The molecule has 0 aromatic carbocycles. The van der Waals surface area contributed by atoms with Crippen molar-refractivity contribution in [2.45, 2.75) is 37.5 Å². The highest BCUT2D eigenvalue weighted by Gasteiger charge is 2.43. The van der Waals surface area contributed by atoms with Crippen molar-refractivity contribution in [1.82, 2.24) is 20.9 Å². The third-order valence-electron chi connectivity index (χ3n) is 4.06. The van der Waals surface area contributed by atoms with Crippen LogP contribution in [0.15, 0.2) is 0 Å². The number of rotatable bonds is 5. The number of piperazine rings is 1. The summed E-state index contributed by atoms with van der Waals surface area (Å²) in [5, 5.41) is 8.65. The van der Waals surface area contributed by atoms with Gasteiger partial charge in [-0.05, 0) is 19.4 Å². The van der Waals surface area contributed by atoms with Gasteiger partial charge in [0.15, 0.2) is 0 Å². The lowest BCUT2D eigenvalue weighted by Crippen LogP contribution is -2.57. The average molecular weight is 308 g/mol. The molecule has 0 aliphatic carbocycles. The van der Waals surface area contributed by atoms with Crippen LogP contribution in [0.3, 0.4) is 0 Å². The first-order valence-electron chi connectivity index (χ1n) is 7.48. The smallest absolute Gasteiger partial charge is 0.354 e. The number of carbonyl (C=O) groups is 1. The number of carbonyl (C=O) groups excluding carboxylic acids is 1. The molecule has 21 heavy (non-hydrogen) atoms. The Morgan fingerprint density at radius 3 is 2.57 bits per heavy atom. The second kappa shape index (κ2) is 7.42. The van der Waals surface area contributed by atoms with Crippen LogP contribution in [0.25, 0.3) is 0 Å². The van der Waals surface area contributed by atoms with Crippen molar-refractivity contribution < 1.29 is 18.0 Å². The van der Waals surface area contributed by atoms with Crippen molar-refractivity contribution in [2.75, 3.05) is 39.3 Å². The summed E-state index contributed by atoms with van der Waals surface area (Å²) >= 11 is 0. The third-order valence-corrected chi connectivity index (χ3v) is 4.06. The Bertz CT molecular complexity index is 339. The monoisotopic (exact) mass is 308 g/mol. The predicted octanol–water partition coefficient (Wildman–Crippen LogP) is 0.0808. The van der Waals surface area contributed by atoms with E-state index in [1.807, 2.05) is 0 Å². The normalized spacial score (nSPS) is 25.8. The quantitative estimate of drug-likeness (QED) is 0.673. The fraction of sp³-hybridized carbons (Fsp3) is 0.923. The molecule has 0 saturated carbocycles. The van der Waals surface area contributed by atoms with Crippen LogP contribution in [0, 0.1) is 0 Å². The van der Waals surface area contributed by atoms with Crippen LogP contribution in [0.1, 0.15) is 19.3 Å². The molecule has 0 spiro atoms. The number of hydrogen-bond donors (Lipinski definition) is 3. The minimum atomic E-state index is -4.32. The average Bonchev–Trinajstić information content (AvgIpc) is 2.91. The fourth-order valence-electron chi connectivity index (χ4n) is 2.88. The van der Waals surface area contributed by atoms with Crippen LogP contribution in [0.5, 0.6) is 0 Å². The van der Waals surface area contributed by atoms with Gasteiger partial charge in [0.05, 0.1) is 0 Å². The van der Waals surface area contributed by atoms with Gasteiger partial charge >= 0.3 is 6.18 Å². The second-order valence-electron chi connectivity index (χ2n) is 5.64. The van der Waals surface area contributed by atoms with Crippen LogP contribution < -0.4 is 16.0 Å². The molecule has 3 N–H and O–H groups in total. The van der Waals surface area contributed by atoms with E-state index in [0.29, 0.717) is 26.2 Å². The SMILES string of the molecule is O=C(CC1CCCN1)NCC(N1CCNCC1)C(F)(F)F. The van der Waals surface area contributed by atoms with Gasteiger partial charge in [-0.3, -0.25) is 9.69 Å². The minimum absolute atomic E-state index is 0.105. The Labute approximate surface area is 122 Å². The largest absolute Gasteiger partial charge is 0.405 e. The molecule has 2 aliphatic rings. The number of amides is 1. The maximum absolute atomic E-state index is 13.1. The number of alkyl halides is 3. The molecule has 1 amide bonds. The molecule has 0 aromatic heterocycles. The fourth-order valence-corrected chi connectivity index (χ4v) is 2.88. The molecule has 2 heterocycles. The van der Waals surface area contributed by atoms with E-state index in [1.165, 1.54) is 4.90 Å². The Kier molecular flexibility index (Phi) is 5.83. The summed E-state index contributed by atoms with van der Waals surface area (Å²) in [6, 6.07) is -1.49. The molecule has 122 valence electrons. The van der Waals surface area contributed by atoms with Crippen LogP contribution in [-0.2, 0) is 4.79 Å². The van der Waals surface area contributed by atoms with E-state index in [2.05, 4.69) is 16.0 Å².